The molecule has 1 aromatic heterocycles. The van der Waals surface area contributed by atoms with Gasteiger partial charge in [-0.05, 0) is 17.7 Å². The third-order valence-electron chi connectivity index (χ3n) is 4.22. The number of hydrogen-bond acceptors (Lipinski definition) is 5. The van der Waals surface area contributed by atoms with Crippen LogP contribution in [0.4, 0.5) is 17.6 Å². The lowest BCUT2D eigenvalue weighted by Crippen LogP contribution is -2.44. The van der Waals surface area contributed by atoms with Gasteiger partial charge in [-0.15, -0.1) is 0 Å². The molecule has 0 aliphatic carbocycles. The molecular formula is C19H17F4N3O5. The molecule has 0 fully saturated rings. The fourth-order valence-electron chi connectivity index (χ4n) is 2.77. The molecule has 0 aliphatic rings. The molecule has 166 valence electrons. The summed E-state index contributed by atoms with van der Waals surface area (Å²) in [6.07, 6.45) is -4.98. The SMILES string of the molecule is O=C(O)CC(NC(=O)Cc1ccnn(Cc2ccccc2C(F)(F)F)c1=O)C(=O)CF. The molecule has 1 unspecified atom stereocenters. The lowest BCUT2D eigenvalue weighted by atomic mass is 10.1. The van der Waals surface area contributed by atoms with Crippen molar-refractivity contribution in [2.75, 3.05) is 6.67 Å². The first-order valence-electron chi connectivity index (χ1n) is 8.83. The summed E-state index contributed by atoms with van der Waals surface area (Å²) in [4.78, 5) is 46.9. The minimum atomic E-state index is -4.64. The summed E-state index contributed by atoms with van der Waals surface area (Å²) < 4.78 is 52.8. The van der Waals surface area contributed by atoms with Crippen molar-refractivity contribution in [1.29, 1.82) is 0 Å². The molecule has 1 amide bonds. The van der Waals surface area contributed by atoms with Crippen LogP contribution in [0.1, 0.15) is 23.1 Å². The first kappa shape index (κ1) is 23.7. The van der Waals surface area contributed by atoms with Gasteiger partial charge < -0.3 is 10.4 Å². The van der Waals surface area contributed by atoms with E-state index in [9.17, 15) is 36.7 Å². The van der Waals surface area contributed by atoms with Gasteiger partial charge in [0.15, 0.2) is 5.78 Å². The van der Waals surface area contributed by atoms with Crippen LogP contribution in [0.5, 0.6) is 0 Å². The van der Waals surface area contributed by atoms with E-state index in [4.69, 9.17) is 5.11 Å². The standard InChI is InChI=1S/C19H17F4N3O5/c20-9-15(27)14(8-17(29)30)25-16(28)7-11-5-6-24-26(18(11)31)10-12-3-1-2-4-13(12)19(21,22)23/h1-6,14H,7-10H2,(H,25,28)(H,29,30). The highest BCUT2D eigenvalue weighted by molar-refractivity contribution is 5.93. The van der Waals surface area contributed by atoms with Gasteiger partial charge in [-0.2, -0.15) is 18.3 Å². The predicted octanol–water partition coefficient (Wildman–Crippen LogP) is 1.35. The van der Waals surface area contributed by atoms with E-state index in [1.807, 2.05) is 5.32 Å². The summed E-state index contributed by atoms with van der Waals surface area (Å²) >= 11 is 0. The Labute approximate surface area is 172 Å². The second-order valence-corrected chi connectivity index (χ2v) is 6.47. The average Bonchev–Trinajstić information content (AvgIpc) is 2.69. The van der Waals surface area contributed by atoms with E-state index in [0.29, 0.717) is 0 Å². The van der Waals surface area contributed by atoms with E-state index in [1.165, 1.54) is 18.2 Å². The topological polar surface area (TPSA) is 118 Å². The number of nitrogens with zero attached hydrogens (tertiary/aromatic N) is 2. The zero-order chi connectivity index (χ0) is 23.2. The Morgan fingerprint density at radius 1 is 1.13 bits per heavy atom. The zero-order valence-corrected chi connectivity index (χ0v) is 15.9. The minimum Gasteiger partial charge on any atom is -0.481 e. The summed E-state index contributed by atoms with van der Waals surface area (Å²) in [5.41, 5.74) is -2.14. The largest absolute Gasteiger partial charge is 0.481 e. The van der Waals surface area contributed by atoms with E-state index in [2.05, 4.69) is 5.10 Å². The van der Waals surface area contributed by atoms with Crippen LogP contribution >= 0.6 is 0 Å². The zero-order valence-electron chi connectivity index (χ0n) is 15.9. The summed E-state index contributed by atoms with van der Waals surface area (Å²) in [7, 11) is 0. The Balaban J connectivity index is 2.22. The van der Waals surface area contributed by atoms with Crippen molar-refractivity contribution < 1.29 is 37.1 Å². The number of carboxylic acid groups (broad SMARTS) is 1. The number of nitrogens with one attached hydrogen (secondary N) is 1. The maximum atomic E-state index is 13.2. The van der Waals surface area contributed by atoms with Gasteiger partial charge in [0.05, 0.1) is 24.9 Å². The molecule has 1 aromatic carbocycles. The van der Waals surface area contributed by atoms with Gasteiger partial charge in [0.1, 0.15) is 12.7 Å². The molecule has 1 heterocycles. The first-order valence-corrected chi connectivity index (χ1v) is 8.83. The van der Waals surface area contributed by atoms with Crippen LogP contribution in [0.3, 0.4) is 0 Å². The van der Waals surface area contributed by atoms with Crippen LogP contribution in [0, 0.1) is 0 Å². The summed E-state index contributed by atoms with van der Waals surface area (Å²) in [6.45, 7) is -2.00. The number of carbonyl (C=O) groups excluding carboxylic acids is 2. The van der Waals surface area contributed by atoms with Gasteiger partial charge in [0.25, 0.3) is 5.56 Å². The molecule has 2 N–H and O–H groups in total. The molecule has 2 aromatic rings. The van der Waals surface area contributed by atoms with Crippen molar-refractivity contribution in [3.8, 4) is 0 Å². The normalized spacial score (nSPS) is 12.3. The van der Waals surface area contributed by atoms with Crippen LogP contribution in [0.2, 0.25) is 0 Å². The van der Waals surface area contributed by atoms with Crippen LogP contribution in [-0.4, -0.2) is 45.3 Å². The third-order valence-corrected chi connectivity index (χ3v) is 4.22. The average molecular weight is 443 g/mol. The Bertz CT molecular complexity index is 1040. The molecular weight excluding hydrogens is 426 g/mol. The van der Waals surface area contributed by atoms with E-state index >= 15 is 0 Å². The van der Waals surface area contributed by atoms with Gasteiger partial charge in [-0.25, -0.2) is 9.07 Å². The maximum absolute atomic E-state index is 13.2. The minimum absolute atomic E-state index is 0.154. The fraction of sp³-hybridized carbons (Fsp3) is 0.316. The Morgan fingerprint density at radius 3 is 2.42 bits per heavy atom. The van der Waals surface area contributed by atoms with Crippen molar-refractivity contribution in [2.24, 2.45) is 0 Å². The van der Waals surface area contributed by atoms with E-state index < -0.39 is 67.1 Å². The molecule has 31 heavy (non-hydrogen) atoms. The lowest BCUT2D eigenvalue weighted by molar-refractivity contribution is -0.140. The third kappa shape index (κ3) is 6.46. The van der Waals surface area contributed by atoms with Crippen LogP contribution < -0.4 is 10.9 Å². The van der Waals surface area contributed by atoms with E-state index in [1.54, 1.807) is 0 Å². The van der Waals surface area contributed by atoms with Gasteiger partial charge in [0, 0.05) is 11.8 Å². The van der Waals surface area contributed by atoms with Crippen LogP contribution in [0.15, 0.2) is 41.3 Å². The number of carboxylic acids is 1. The van der Waals surface area contributed by atoms with Gasteiger partial charge >= 0.3 is 12.1 Å². The highest BCUT2D eigenvalue weighted by Crippen LogP contribution is 2.31. The van der Waals surface area contributed by atoms with Crippen molar-refractivity contribution in [1.82, 2.24) is 15.1 Å². The number of benzene rings is 1. The number of aromatic nitrogens is 2. The number of ketones is 1. The molecule has 12 heteroatoms. The quantitative estimate of drug-likeness (QED) is 0.565. The second kappa shape index (κ2) is 9.96. The molecule has 0 aliphatic heterocycles. The number of carbonyl (C=O) groups is 3. The van der Waals surface area contributed by atoms with Gasteiger partial charge in [-0.3, -0.25) is 19.2 Å². The number of amides is 1. The molecule has 0 saturated heterocycles. The molecule has 0 radical (unpaired) electrons. The molecule has 0 bridgehead atoms. The number of Topliss-reactive ketones (excluding diaryl/α,β-unsaturated/α-hetero) is 1. The van der Waals surface area contributed by atoms with Gasteiger partial charge in [-0.1, -0.05) is 18.2 Å². The summed E-state index contributed by atoms with van der Waals surface area (Å²) in [5.74, 6) is -3.52. The van der Waals surface area contributed by atoms with Crippen LogP contribution in [0.25, 0.3) is 0 Å². The fourth-order valence-corrected chi connectivity index (χ4v) is 2.77. The molecule has 1 atom stereocenters. The van der Waals surface area contributed by atoms with E-state index in [-0.39, 0.29) is 11.1 Å². The molecule has 0 saturated carbocycles. The lowest BCUT2D eigenvalue weighted by Gasteiger charge is -2.15. The number of aliphatic carboxylic acids is 1. The van der Waals surface area contributed by atoms with Crippen LogP contribution in [-0.2, 0) is 33.5 Å². The van der Waals surface area contributed by atoms with E-state index in [0.717, 1.165) is 23.0 Å². The number of hydrogen-bond donors (Lipinski definition) is 2. The molecule has 2 rings (SSSR count). The number of alkyl halides is 4. The first-order chi connectivity index (χ1) is 14.5. The Hall–Kier alpha value is -3.57. The highest BCUT2D eigenvalue weighted by Gasteiger charge is 2.33. The smallest absolute Gasteiger partial charge is 0.416 e. The number of rotatable bonds is 9. The Kier molecular flexibility index (Phi) is 7.61. The van der Waals surface area contributed by atoms with Crippen molar-refractivity contribution in [3.63, 3.8) is 0 Å². The Morgan fingerprint density at radius 2 is 1.81 bits per heavy atom. The number of halogens is 4. The predicted molar refractivity (Wildman–Crippen MR) is 97.9 cm³/mol. The highest BCUT2D eigenvalue weighted by atomic mass is 19.4. The monoisotopic (exact) mass is 443 g/mol. The van der Waals surface area contributed by atoms with Crippen molar-refractivity contribution in [3.05, 3.63) is 63.6 Å². The van der Waals surface area contributed by atoms with Gasteiger partial charge in [0.2, 0.25) is 5.91 Å². The maximum Gasteiger partial charge on any atom is 0.416 e. The summed E-state index contributed by atoms with van der Waals surface area (Å²) in [5, 5.41) is 14.5. The second-order valence-electron chi connectivity index (χ2n) is 6.47. The molecule has 0 spiro atoms. The summed E-state index contributed by atoms with van der Waals surface area (Å²) in [6, 6.07) is 4.18. The van der Waals surface area contributed by atoms with Crippen molar-refractivity contribution >= 4 is 17.7 Å². The van der Waals surface area contributed by atoms with Crippen molar-refractivity contribution in [2.45, 2.75) is 31.6 Å². The molecule has 8 nitrogen and oxygen atoms in total.